The van der Waals surface area contributed by atoms with Gasteiger partial charge in [-0.2, -0.15) is 0 Å². The Morgan fingerprint density at radius 3 is 2.80 bits per heavy atom. The van der Waals surface area contributed by atoms with Gasteiger partial charge in [-0.1, -0.05) is 30.7 Å². The SMILES string of the molecule is COC1CN(C(CN)c2cc(C)ccc2C)CCC1C. The molecule has 1 aromatic rings. The van der Waals surface area contributed by atoms with Gasteiger partial charge < -0.3 is 10.5 Å². The number of methoxy groups -OCH3 is 1. The Hall–Kier alpha value is -0.900. The zero-order valence-corrected chi connectivity index (χ0v) is 13.2. The minimum Gasteiger partial charge on any atom is -0.380 e. The topological polar surface area (TPSA) is 38.5 Å². The number of hydrogen-bond acceptors (Lipinski definition) is 3. The van der Waals surface area contributed by atoms with E-state index in [1.807, 2.05) is 7.11 Å². The summed E-state index contributed by atoms with van der Waals surface area (Å²) in [6.45, 7) is 9.35. The summed E-state index contributed by atoms with van der Waals surface area (Å²) in [5, 5.41) is 0. The van der Waals surface area contributed by atoms with Crippen molar-refractivity contribution in [3.8, 4) is 0 Å². The van der Waals surface area contributed by atoms with Crippen LogP contribution in [0, 0.1) is 19.8 Å². The summed E-state index contributed by atoms with van der Waals surface area (Å²) in [5.41, 5.74) is 10.1. The number of nitrogens with zero attached hydrogens (tertiary/aromatic N) is 1. The van der Waals surface area contributed by atoms with Crippen molar-refractivity contribution in [2.75, 3.05) is 26.7 Å². The molecule has 1 saturated heterocycles. The molecule has 0 aliphatic carbocycles. The molecule has 3 atom stereocenters. The molecule has 112 valence electrons. The van der Waals surface area contributed by atoms with Gasteiger partial charge in [0.25, 0.3) is 0 Å². The lowest BCUT2D eigenvalue weighted by Crippen LogP contribution is -2.47. The third kappa shape index (κ3) is 3.22. The van der Waals surface area contributed by atoms with Crippen molar-refractivity contribution < 1.29 is 4.74 Å². The molecule has 2 N–H and O–H groups in total. The van der Waals surface area contributed by atoms with Crippen molar-refractivity contribution in [2.45, 2.75) is 39.3 Å². The minimum atomic E-state index is 0.306. The van der Waals surface area contributed by atoms with E-state index in [0.29, 0.717) is 24.6 Å². The summed E-state index contributed by atoms with van der Waals surface area (Å²) in [5.74, 6) is 0.633. The summed E-state index contributed by atoms with van der Waals surface area (Å²) in [6.07, 6.45) is 1.50. The van der Waals surface area contributed by atoms with Gasteiger partial charge in [-0.25, -0.2) is 0 Å². The lowest BCUT2D eigenvalue weighted by atomic mass is 9.91. The molecule has 1 aromatic carbocycles. The maximum absolute atomic E-state index is 6.09. The molecular weight excluding hydrogens is 248 g/mol. The number of ether oxygens (including phenoxy) is 1. The standard InChI is InChI=1S/C17H28N2O/c1-12-5-6-13(2)15(9-12)16(10-18)19-8-7-14(3)17(11-19)20-4/h5-6,9,14,16-17H,7-8,10-11,18H2,1-4H3. The van der Waals surface area contributed by atoms with E-state index in [1.54, 1.807) is 0 Å². The van der Waals surface area contributed by atoms with Crippen molar-refractivity contribution in [1.29, 1.82) is 0 Å². The van der Waals surface area contributed by atoms with E-state index in [2.05, 4.69) is 43.9 Å². The van der Waals surface area contributed by atoms with E-state index in [0.717, 1.165) is 13.1 Å². The average molecular weight is 276 g/mol. The van der Waals surface area contributed by atoms with E-state index in [-0.39, 0.29) is 0 Å². The van der Waals surface area contributed by atoms with E-state index >= 15 is 0 Å². The first-order chi connectivity index (χ1) is 9.56. The second kappa shape index (κ2) is 6.70. The Morgan fingerprint density at radius 2 is 2.15 bits per heavy atom. The molecule has 3 unspecified atom stereocenters. The Kier molecular flexibility index (Phi) is 5.19. The zero-order chi connectivity index (χ0) is 14.7. The summed E-state index contributed by atoms with van der Waals surface area (Å²) in [7, 11) is 1.82. The smallest absolute Gasteiger partial charge is 0.0724 e. The zero-order valence-electron chi connectivity index (χ0n) is 13.2. The van der Waals surface area contributed by atoms with Gasteiger partial charge in [-0.3, -0.25) is 4.90 Å². The van der Waals surface area contributed by atoms with Crippen molar-refractivity contribution >= 4 is 0 Å². The highest BCUT2D eigenvalue weighted by Crippen LogP contribution is 2.29. The van der Waals surface area contributed by atoms with Crippen molar-refractivity contribution in [3.05, 3.63) is 34.9 Å². The molecule has 20 heavy (non-hydrogen) atoms. The molecule has 1 heterocycles. The van der Waals surface area contributed by atoms with Gasteiger partial charge in [-0.15, -0.1) is 0 Å². The molecule has 0 amide bonds. The Bertz CT molecular complexity index is 447. The molecular formula is C17H28N2O. The Labute approximate surface area is 123 Å². The van der Waals surface area contributed by atoms with Gasteiger partial charge in [0.05, 0.1) is 6.10 Å². The molecule has 3 heteroatoms. The first-order valence-electron chi connectivity index (χ1n) is 7.60. The second-order valence-electron chi connectivity index (χ2n) is 6.15. The predicted molar refractivity (Wildman–Crippen MR) is 83.9 cm³/mol. The van der Waals surface area contributed by atoms with E-state index in [9.17, 15) is 0 Å². The van der Waals surface area contributed by atoms with Crippen LogP contribution in [0.5, 0.6) is 0 Å². The lowest BCUT2D eigenvalue weighted by Gasteiger charge is -2.41. The van der Waals surface area contributed by atoms with Gasteiger partial charge in [0, 0.05) is 26.2 Å². The van der Waals surface area contributed by atoms with Gasteiger partial charge in [0.1, 0.15) is 0 Å². The first kappa shape index (κ1) is 15.5. The monoisotopic (exact) mass is 276 g/mol. The number of rotatable bonds is 4. The van der Waals surface area contributed by atoms with Crippen LogP contribution in [0.25, 0.3) is 0 Å². The molecule has 1 aliphatic heterocycles. The van der Waals surface area contributed by atoms with E-state index in [4.69, 9.17) is 10.5 Å². The van der Waals surface area contributed by atoms with Crippen molar-refractivity contribution in [3.63, 3.8) is 0 Å². The summed E-state index contributed by atoms with van der Waals surface area (Å²) >= 11 is 0. The minimum absolute atomic E-state index is 0.306. The molecule has 3 nitrogen and oxygen atoms in total. The normalized spacial score (nSPS) is 25.6. The predicted octanol–water partition coefficient (Wildman–Crippen LogP) is 2.66. The fourth-order valence-corrected chi connectivity index (χ4v) is 3.24. The van der Waals surface area contributed by atoms with Crippen LogP contribution >= 0.6 is 0 Å². The molecule has 2 rings (SSSR count). The summed E-state index contributed by atoms with van der Waals surface area (Å²) in [6, 6.07) is 6.96. The number of aryl methyl sites for hydroxylation is 2. The van der Waals surface area contributed by atoms with Crippen LogP contribution in [-0.4, -0.2) is 37.7 Å². The lowest BCUT2D eigenvalue weighted by molar-refractivity contribution is -0.0184. The third-order valence-electron chi connectivity index (χ3n) is 4.68. The van der Waals surface area contributed by atoms with Gasteiger partial charge in [-0.05, 0) is 43.9 Å². The fraction of sp³-hybridized carbons (Fsp3) is 0.647. The largest absolute Gasteiger partial charge is 0.380 e. The highest BCUT2D eigenvalue weighted by atomic mass is 16.5. The van der Waals surface area contributed by atoms with E-state index in [1.165, 1.54) is 23.1 Å². The molecule has 0 aromatic heterocycles. The Morgan fingerprint density at radius 1 is 1.40 bits per heavy atom. The molecule has 1 fully saturated rings. The molecule has 0 saturated carbocycles. The van der Waals surface area contributed by atoms with Crippen LogP contribution in [0.2, 0.25) is 0 Å². The van der Waals surface area contributed by atoms with Gasteiger partial charge >= 0.3 is 0 Å². The summed E-state index contributed by atoms with van der Waals surface area (Å²) in [4.78, 5) is 2.50. The van der Waals surface area contributed by atoms with Gasteiger partial charge in [0.2, 0.25) is 0 Å². The maximum Gasteiger partial charge on any atom is 0.0724 e. The number of nitrogens with two attached hydrogens (primary N) is 1. The fourth-order valence-electron chi connectivity index (χ4n) is 3.24. The van der Waals surface area contributed by atoms with Crippen LogP contribution in [-0.2, 0) is 4.74 Å². The Balaban J connectivity index is 2.21. The van der Waals surface area contributed by atoms with Crippen molar-refractivity contribution in [1.82, 2.24) is 4.90 Å². The van der Waals surface area contributed by atoms with Crippen LogP contribution < -0.4 is 5.73 Å². The maximum atomic E-state index is 6.09. The highest BCUT2D eigenvalue weighted by Gasteiger charge is 2.30. The van der Waals surface area contributed by atoms with Crippen LogP contribution in [0.4, 0.5) is 0 Å². The number of piperidine rings is 1. The third-order valence-corrected chi connectivity index (χ3v) is 4.68. The summed E-state index contributed by atoms with van der Waals surface area (Å²) < 4.78 is 5.64. The van der Waals surface area contributed by atoms with E-state index < -0.39 is 0 Å². The second-order valence-corrected chi connectivity index (χ2v) is 6.15. The van der Waals surface area contributed by atoms with Crippen LogP contribution in [0.1, 0.15) is 36.1 Å². The van der Waals surface area contributed by atoms with Gasteiger partial charge in [0.15, 0.2) is 0 Å². The molecule has 0 bridgehead atoms. The first-order valence-corrected chi connectivity index (χ1v) is 7.60. The quantitative estimate of drug-likeness (QED) is 0.919. The van der Waals surface area contributed by atoms with Crippen LogP contribution in [0.3, 0.4) is 0 Å². The number of hydrogen-bond donors (Lipinski definition) is 1. The van der Waals surface area contributed by atoms with Crippen molar-refractivity contribution in [2.24, 2.45) is 11.7 Å². The number of likely N-dealkylation sites (tertiary alicyclic amines) is 1. The van der Waals surface area contributed by atoms with Crippen LogP contribution in [0.15, 0.2) is 18.2 Å². The molecule has 0 radical (unpaired) electrons. The average Bonchev–Trinajstić information content (AvgIpc) is 2.45. The number of benzene rings is 1. The molecule has 0 spiro atoms. The molecule has 1 aliphatic rings. The highest BCUT2D eigenvalue weighted by molar-refractivity contribution is 5.33.